The fraction of sp³-hybridized carbons (Fsp3) is 0.188. The Morgan fingerprint density at radius 2 is 1.80 bits per heavy atom. The first-order valence-corrected chi connectivity index (χ1v) is 7.00. The smallest absolute Gasteiger partial charge is 0.309 e. The molecule has 0 spiro atoms. The fourth-order valence-corrected chi connectivity index (χ4v) is 2.12. The molecule has 2 rings (SSSR count). The normalized spacial score (nSPS) is 10.1. The summed E-state index contributed by atoms with van der Waals surface area (Å²) in [7, 11) is 1.39. The molecule has 20 heavy (non-hydrogen) atoms. The first-order chi connectivity index (χ1) is 9.69. The van der Waals surface area contributed by atoms with Crippen LogP contribution in [0.25, 0.3) is 0 Å². The minimum atomic E-state index is -0.244. The highest BCUT2D eigenvalue weighted by Crippen LogP contribution is 2.19. The van der Waals surface area contributed by atoms with Crippen LogP contribution >= 0.6 is 15.9 Å². The lowest BCUT2D eigenvalue weighted by atomic mass is 10.1. The average molecular weight is 335 g/mol. The van der Waals surface area contributed by atoms with E-state index in [4.69, 9.17) is 4.74 Å². The first-order valence-electron chi connectivity index (χ1n) is 6.21. The number of hydrogen-bond acceptors (Lipinski definition) is 3. The Bertz CT molecular complexity index is 579. The van der Waals surface area contributed by atoms with Gasteiger partial charge in [0.05, 0.1) is 13.5 Å². The summed E-state index contributed by atoms with van der Waals surface area (Å²) in [5, 5.41) is 0. The molecule has 0 fully saturated rings. The molecule has 0 heterocycles. The summed E-state index contributed by atoms with van der Waals surface area (Å²) in [6.45, 7) is 0.498. The average Bonchev–Trinajstić information content (AvgIpc) is 2.48. The molecule has 0 unspecified atom stereocenters. The fourth-order valence-electron chi connectivity index (χ4n) is 1.72. The van der Waals surface area contributed by atoms with Crippen LogP contribution in [0.3, 0.4) is 0 Å². The second kappa shape index (κ2) is 7.10. The quantitative estimate of drug-likeness (QED) is 0.781. The summed E-state index contributed by atoms with van der Waals surface area (Å²) in [5.74, 6) is 0.529. The van der Waals surface area contributed by atoms with Crippen molar-refractivity contribution in [2.24, 2.45) is 0 Å². The van der Waals surface area contributed by atoms with Gasteiger partial charge in [-0.05, 0) is 23.8 Å². The van der Waals surface area contributed by atoms with Crippen molar-refractivity contribution in [1.82, 2.24) is 0 Å². The number of benzene rings is 2. The van der Waals surface area contributed by atoms with Crippen LogP contribution in [0.15, 0.2) is 53.0 Å². The second-order valence-corrected chi connectivity index (χ2v) is 5.13. The van der Waals surface area contributed by atoms with Gasteiger partial charge in [-0.25, -0.2) is 0 Å². The maximum absolute atomic E-state index is 11.2. The van der Waals surface area contributed by atoms with Gasteiger partial charge in [0.1, 0.15) is 12.4 Å². The summed E-state index contributed by atoms with van der Waals surface area (Å²) >= 11 is 3.49. The van der Waals surface area contributed by atoms with Gasteiger partial charge in [-0.3, -0.25) is 4.79 Å². The third kappa shape index (κ3) is 4.10. The highest BCUT2D eigenvalue weighted by Gasteiger charge is 2.04. The molecule has 0 radical (unpaired) electrons. The Labute approximate surface area is 126 Å². The molecular formula is C16H15BrO3. The summed E-state index contributed by atoms with van der Waals surface area (Å²) < 4.78 is 11.4. The summed E-state index contributed by atoms with van der Waals surface area (Å²) in [5.41, 5.74) is 2.00. The highest BCUT2D eigenvalue weighted by molar-refractivity contribution is 9.10. The van der Waals surface area contributed by atoms with Crippen LogP contribution in [0.2, 0.25) is 0 Å². The first kappa shape index (κ1) is 14.6. The third-order valence-corrected chi connectivity index (χ3v) is 3.63. The van der Waals surface area contributed by atoms with E-state index in [2.05, 4.69) is 20.7 Å². The lowest BCUT2D eigenvalue weighted by molar-refractivity contribution is -0.139. The minimum Gasteiger partial charge on any atom is -0.489 e. The van der Waals surface area contributed by atoms with Crippen LogP contribution in [0.5, 0.6) is 5.75 Å². The van der Waals surface area contributed by atoms with Crippen molar-refractivity contribution < 1.29 is 14.3 Å². The molecule has 104 valence electrons. The van der Waals surface area contributed by atoms with E-state index in [0.29, 0.717) is 6.61 Å². The van der Waals surface area contributed by atoms with Crippen LogP contribution < -0.4 is 4.74 Å². The number of rotatable bonds is 5. The van der Waals surface area contributed by atoms with Gasteiger partial charge in [-0.2, -0.15) is 0 Å². The predicted octanol–water partition coefficient (Wildman–Crippen LogP) is 3.74. The van der Waals surface area contributed by atoms with Gasteiger partial charge < -0.3 is 9.47 Å². The number of methoxy groups -OCH3 is 1. The van der Waals surface area contributed by atoms with E-state index >= 15 is 0 Å². The van der Waals surface area contributed by atoms with Gasteiger partial charge in [0.25, 0.3) is 0 Å². The van der Waals surface area contributed by atoms with E-state index in [1.165, 1.54) is 7.11 Å². The molecule has 3 nitrogen and oxygen atoms in total. The van der Waals surface area contributed by atoms with Crippen molar-refractivity contribution >= 4 is 21.9 Å². The van der Waals surface area contributed by atoms with Crippen molar-refractivity contribution in [3.63, 3.8) is 0 Å². The highest BCUT2D eigenvalue weighted by atomic mass is 79.9. The summed E-state index contributed by atoms with van der Waals surface area (Å²) in [6, 6.07) is 15.4. The molecule has 0 aliphatic rings. The summed E-state index contributed by atoms with van der Waals surface area (Å²) in [4.78, 5) is 11.2. The largest absolute Gasteiger partial charge is 0.489 e. The second-order valence-electron chi connectivity index (χ2n) is 4.28. The van der Waals surface area contributed by atoms with Crippen LogP contribution in [0.1, 0.15) is 11.1 Å². The lowest BCUT2D eigenvalue weighted by Gasteiger charge is -2.08. The van der Waals surface area contributed by atoms with Gasteiger partial charge in [0, 0.05) is 10.0 Å². The van der Waals surface area contributed by atoms with Crippen molar-refractivity contribution in [1.29, 1.82) is 0 Å². The van der Waals surface area contributed by atoms with Crippen molar-refractivity contribution in [2.45, 2.75) is 13.0 Å². The summed E-state index contributed by atoms with van der Waals surface area (Å²) in [6.07, 6.45) is 0.279. The van der Waals surface area contributed by atoms with E-state index in [0.717, 1.165) is 21.3 Å². The monoisotopic (exact) mass is 334 g/mol. The Morgan fingerprint density at radius 3 is 2.45 bits per heavy atom. The Hall–Kier alpha value is -1.81. The molecule has 0 saturated carbocycles. The minimum absolute atomic E-state index is 0.244. The molecule has 0 N–H and O–H groups in total. The zero-order valence-electron chi connectivity index (χ0n) is 11.1. The maximum atomic E-state index is 11.2. The maximum Gasteiger partial charge on any atom is 0.309 e. The van der Waals surface area contributed by atoms with Gasteiger partial charge in [0.15, 0.2) is 0 Å². The zero-order valence-corrected chi connectivity index (χ0v) is 12.7. The molecule has 0 saturated heterocycles. The van der Waals surface area contributed by atoms with E-state index < -0.39 is 0 Å². The lowest BCUT2D eigenvalue weighted by Crippen LogP contribution is -2.04. The standard InChI is InChI=1S/C16H15BrO3/c1-19-16(18)10-12-6-8-14(9-7-12)20-11-13-4-2-3-5-15(13)17/h2-9H,10-11H2,1H3. The molecule has 0 aliphatic heterocycles. The third-order valence-electron chi connectivity index (χ3n) is 2.85. The van der Waals surface area contributed by atoms with Gasteiger partial charge in [-0.1, -0.05) is 46.3 Å². The molecule has 0 atom stereocenters. The van der Waals surface area contributed by atoms with Crippen LogP contribution in [-0.2, 0) is 22.6 Å². The number of halogens is 1. The van der Waals surface area contributed by atoms with E-state index in [-0.39, 0.29) is 12.4 Å². The number of ether oxygens (including phenoxy) is 2. The number of hydrogen-bond donors (Lipinski definition) is 0. The Kier molecular flexibility index (Phi) is 5.18. The van der Waals surface area contributed by atoms with Gasteiger partial charge in [0.2, 0.25) is 0 Å². The van der Waals surface area contributed by atoms with Crippen molar-refractivity contribution in [2.75, 3.05) is 7.11 Å². The molecule has 0 aromatic heterocycles. The SMILES string of the molecule is COC(=O)Cc1ccc(OCc2ccccc2Br)cc1. The Balaban J connectivity index is 1.94. The van der Waals surface area contributed by atoms with Crippen LogP contribution in [-0.4, -0.2) is 13.1 Å². The van der Waals surface area contributed by atoms with E-state index in [1.807, 2.05) is 48.5 Å². The molecule has 0 bridgehead atoms. The molecule has 0 amide bonds. The van der Waals surface area contributed by atoms with E-state index in [9.17, 15) is 4.79 Å². The number of carbonyl (C=O) groups excluding carboxylic acids is 1. The van der Waals surface area contributed by atoms with Crippen molar-refractivity contribution in [3.8, 4) is 5.75 Å². The molecule has 4 heteroatoms. The van der Waals surface area contributed by atoms with E-state index in [1.54, 1.807) is 0 Å². The van der Waals surface area contributed by atoms with Gasteiger partial charge >= 0.3 is 5.97 Å². The molecule has 2 aromatic rings. The number of carbonyl (C=O) groups is 1. The number of esters is 1. The Morgan fingerprint density at radius 1 is 1.10 bits per heavy atom. The predicted molar refractivity (Wildman–Crippen MR) is 80.6 cm³/mol. The van der Waals surface area contributed by atoms with Crippen molar-refractivity contribution in [3.05, 3.63) is 64.1 Å². The molecule has 2 aromatic carbocycles. The van der Waals surface area contributed by atoms with Gasteiger partial charge in [-0.15, -0.1) is 0 Å². The van der Waals surface area contributed by atoms with Crippen LogP contribution in [0.4, 0.5) is 0 Å². The zero-order chi connectivity index (χ0) is 14.4. The molecular weight excluding hydrogens is 320 g/mol. The van der Waals surface area contributed by atoms with Crippen LogP contribution in [0, 0.1) is 0 Å². The topological polar surface area (TPSA) is 35.5 Å². The molecule has 0 aliphatic carbocycles.